The number of hydrogen-bond donors (Lipinski definition) is 0. The van der Waals surface area contributed by atoms with Crippen LogP contribution in [0.1, 0.15) is 31.4 Å². The molecule has 1 unspecified atom stereocenters. The monoisotopic (exact) mass is 336 g/mol. The number of aryl methyl sites for hydroxylation is 1. The molecule has 1 heterocycles. The number of hydrogen-bond acceptors (Lipinski definition) is 2. The molecule has 0 aliphatic carbocycles. The van der Waals surface area contributed by atoms with Gasteiger partial charge in [-0.3, -0.25) is 9.80 Å². The van der Waals surface area contributed by atoms with Gasteiger partial charge >= 0.3 is 0 Å². The van der Waals surface area contributed by atoms with Gasteiger partial charge in [0.2, 0.25) is 0 Å². The van der Waals surface area contributed by atoms with Gasteiger partial charge in [0.05, 0.1) is 0 Å². The van der Waals surface area contributed by atoms with Crippen molar-refractivity contribution >= 4 is 0 Å². The predicted molar refractivity (Wildman–Crippen MR) is 107 cm³/mol. The van der Waals surface area contributed by atoms with E-state index < -0.39 is 0 Å². The van der Waals surface area contributed by atoms with Crippen LogP contribution in [0.2, 0.25) is 0 Å². The highest BCUT2D eigenvalue weighted by Gasteiger charge is 2.24. The third kappa shape index (κ3) is 5.69. The average Bonchev–Trinajstić information content (AvgIpc) is 2.84. The van der Waals surface area contributed by atoms with E-state index in [1.807, 2.05) is 0 Å². The van der Waals surface area contributed by atoms with Crippen molar-refractivity contribution in [2.45, 2.75) is 39.3 Å². The maximum Gasteiger partial charge on any atom is 0.0234 e. The van der Waals surface area contributed by atoms with Crippen molar-refractivity contribution in [2.75, 3.05) is 26.2 Å². The van der Waals surface area contributed by atoms with Gasteiger partial charge in [-0.1, -0.05) is 60.7 Å². The first-order chi connectivity index (χ1) is 12.2. The highest BCUT2D eigenvalue weighted by Crippen LogP contribution is 2.19. The minimum atomic E-state index is 0.635. The van der Waals surface area contributed by atoms with Crippen molar-refractivity contribution in [1.29, 1.82) is 0 Å². The molecule has 0 N–H and O–H groups in total. The van der Waals surface area contributed by atoms with E-state index in [0.29, 0.717) is 6.04 Å². The molecule has 0 amide bonds. The van der Waals surface area contributed by atoms with E-state index in [-0.39, 0.29) is 0 Å². The maximum atomic E-state index is 2.67. The van der Waals surface area contributed by atoms with E-state index in [2.05, 4.69) is 84.3 Å². The van der Waals surface area contributed by atoms with Crippen LogP contribution >= 0.6 is 0 Å². The lowest BCUT2D eigenvalue weighted by atomic mass is 9.98. The molecule has 1 atom stereocenters. The van der Waals surface area contributed by atoms with Crippen molar-refractivity contribution in [3.05, 3.63) is 71.8 Å². The van der Waals surface area contributed by atoms with Crippen LogP contribution in [0.3, 0.4) is 0 Å². The van der Waals surface area contributed by atoms with Gasteiger partial charge in [0.15, 0.2) is 0 Å². The summed E-state index contributed by atoms with van der Waals surface area (Å²) in [6.45, 7) is 10.6. The Labute approximate surface area is 153 Å². The van der Waals surface area contributed by atoms with Crippen molar-refractivity contribution in [2.24, 2.45) is 5.92 Å². The van der Waals surface area contributed by atoms with Crippen LogP contribution in [0.5, 0.6) is 0 Å². The fourth-order valence-electron chi connectivity index (χ4n) is 3.86. The number of nitrogens with zero attached hydrogens (tertiary/aromatic N) is 2. The zero-order valence-corrected chi connectivity index (χ0v) is 15.8. The highest BCUT2D eigenvalue weighted by molar-refractivity contribution is 5.15. The Bertz CT molecular complexity index is 609. The van der Waals surface area contributed by atoms with Crippen molar-refractivity contribution < 1.29 is 0 Å². The normalized spacial score (nSPS) is 19.9. The molecule has 1 aliphatic rings. The molecule has 0 bridgehead atoms. The molecule has 1 aliphatic heterocycles. The van der Waals surface area contributed by atoms with Crippen molar-refractivity contribution in [3.8, 4) is 0 Å². The lowest BCUT2D eigenvalue weighted by Crippen LogP contribution is -2.36. The van der Waals surface area contributed by atoms with Crippen LogP contribution in [-0.4, -0.2) is 42.0 Å². The molecule has 134 valence electrons. The Morgan fingerprint density at radius 3 is 2.12 bits per heavy atom. The Morgan fingerprint density at radius 2 is 1.48 bits per heavy atom. The molecular weight excluding hydrogens is 304 g/mol. The smallest absolute Gasteiger partial charge is 0.0234 e. The molecule has 2 aromatic rings. The summed E-state index contributed by atoms with van der Waals surface area (Å²) in [4.78, 5) is 5.33. The summed E-state index contributed by atoms with van der Waals surface area (Å²) in [7, 11) is 0. The first-order valence-corrected chi connectivity index (χ1v) is 9.75. The standard InChI is InChI=1S/C23H32N2/c1-20(2)25-16-15-24(17-22-11-7-4-8-12-22)18-23(19-25)14-13-21-9-5-3-6-10-21/h3-12,20,23H,13-19H2,1-2H3. The molecule has 0 saturated carbocycles. The second kappa shape index (κ2) is 9.17. The van der Waals surface area contributed by atoms with Gasteiger partial charge in [-0.05, 0) is 43.7 Å². The second-order valence-electron chi connectivity index (χ2n) is 7.70. The molecule has 1 fully saturated rings. The molecule has 1 saturated heterocycles. The lowest BCUT2D eigenvalue weighted by molar-refractivity contribution is 0.205. The van der Waals surface area contributed by atoms with Crippen LogP contribution in [0.4, 0.5) is 0 Å². The van der Waals surface area contributed by atoms with Crippen molar-refractivity contribution in [1.82, 2.24) is 9.80 Å². The van der Waals surface area contributed by atoms with Gasteiger partial charge in [-0.25, -0.2) is 0 Å². The quantitative estimate of drug-likeness (QED) is 0.768. The van der Waals surface area contributed by atoms with Crippen LogP contribution < -0.4 is 0 Å². The molecule has 0 spiro atoms. The van der Waals surface area contributed by atoms with Gasteiger partial charge in [-0.15, -0.1) is 0 Å². The Balaban J connectivity index is 1.63. The number of rotatable bonds is 6. The van der Waals surface area contributed by atoms with E-state index in [9.17, 15) is 0 Å². The largest absolute Gasteiger partial charge is 0.299 e. The zero-order chi connectivity index (χ0) is 17.5. The fourth-order valence-corrected chi connectivity index (χ4v) is 3.86. The van der Waals surface area contributed by atoms with Crippen LogP contribution in [-0.2, 0) is 13.0 Å². The third-order valence-corrected chi connectivity index (χ3v) is 5.38. The minimum absolute atomic E-state index is 0.635. The SMILES string of the molecule is CC(C)N1CCN(Cc2ccccc2)CC(CCc2ccccc2)C1. The van der Waals surface area contributed by atoms with Gasteiger partial charge in [0.25, 0.3) is 0 Å². The molecule has 2 nitrogen and oxygen atoms in total. The summed E-state index contributed by atoms with van der Waals surface area (Å²) in [5, 5.41) is 0. The fraction of sp³-hybridized carbons (Fsp3) is 0.478. The van der Waals surface area contributed by atoms with Crippen LogP contribution in [0.15, 0.2) is 60.7 Å². The Hall–Kier alpha value is -1.64. The third-order valence-electron chi connectivity index (χ3n) is 5.38. The van der Waals surface area contributed by atoms with Gasteiger partial charge < -0.3 is 0 Å². The van der Waals surface area contributed by atoms with E-state index in [1.165, 1.54) is 50.1 Å². The van der Waals surface area contributed by atoms with E-state index >= 15 is 0 Å². The van der Waals surface area contributed by atoms with E-state index in [4.69, 9.17) is 0 Å². The highest BCUT2D eigenvalue weighted by atomic mass is 15.2. The summed E-state index contributed by atoms with van der Waals surface area (Å²) in [5.74, 6) is 0.744. The van der Waals surface area contributed by atoms with Gasteiger partial charge in [0.1, 0.15) is 0 Å². The van der Waals surface area contributed by atoms with Crippen LogP contribution in [0.25, 0.3) is 0 Å². The van der Waals surface area contributed by atoms with E-state index in [1.54, 1.807) is 0 Å². The minimum Gasteiger partial charge on any atom is -0.299 e. The average molecular weight is 337 g/mol. The number of benzene rings is 2. The maximum absolute atomic E-state index is 2.67. The topological polar surface area (TPSA) is 6.48 Å². The first-order valence-electron chi connectivity index (χ1n) is 9.75. The molecular formula is C23H32N2. The molecule has 2 heteroatoms. The predicted octanol–water partition coefficient (Wildman–Crippen LogP) is 4.46. The van der Waals surface area contributed by atoms with Crippen LogP contribution in [0, 0.1) is 5.92 Å². The molecule has 0 radical (unpaired) electrons. The Kier molecular flexibility index (Phi) is 6.66. The van der Waals surface area contributed by atoms with Gasteiger partial charge in [0, 0.05) is 38.8 Å². The zero-order valence-electron chi connectivity index (χ0n) is 15.8. The molecule has 2 aromatic carbocycles. The Morgan fingerprint density at radius 1 is 0.840 bits per heavy atom. The second-order valence-corrected chi connectivity index (χ2v) is 7.70. The lowest BCUT2D eigenvalue weighted by Gasteiger charge is -2.27. The summed E-state index contributed by atoms with van der Waals surface area (Å²) in [6.07, 6.45) is 2.47. The van der Waals surface area contributed by atoms with Crippen molar-refractivity contribution in [3.63, 3.8) is 0 Å². The first kappa shape index (κ1) is 18.2. The molecule has 0 aromatic heterocycles. The molecule has 3 rings (SSSR count). The van der Waals surface area contributed by atoms with Gasteiger partial charge in [-0.2, -0.15) is 0 Å². The molecule has 25 heavy (non-hydrogen) atoms. The summed E-state index contributed by atoms with van der Waals surface area (Å²) >= 11 is 0. The summed E-state index contributed by atoms with van der Waals surface area (Å²) in [6, 6.07) is 22.5. The van der Waals surface area contributed by atoms with E-state index in [0.717, 1.165) is 12.5 Å². The summed E-state index contributed by atoms with van der Waals surface area (Å²) < 4.78 is 0. The summed E-state index contributed by atoms with van der Waals surface area (Å²) in [5.41, 5.74) is 2.90.